The fraction of sp³-hybridized carbons (Fsp3) is 0. The molecule has 0 atom stereocenters. The van der Waals surface area contributed by atoms with Gasteiger partial charge in [-0.2, -0.15) is 0 Å². The molecule has 0 N–H and O–H groups in total. The molecule has 0 amide bonds. The van der Waals surface area contributed by atoms with Crippen molar-refractivity contribution in [2.45, 2.75) is 0 Å². The van der Waals surface area contributed by atoms with Crippen LogP contribution in [0, 0.1) is 0 Å². The van der Waals surface area contributed by atoms with Crippen LogP contribution in [0.25, 0.3) is 0 Å². The summed E-state index contributed by atoms with van der Waals surface area (Å²) in [5.41, 5.74) is 0. The van der Waals surface area contributed by atoms with Crippen LogP contribution in [0.2, 0.25) is 5.02 Å². The molecule has 0 aliphatic carbocycles. The van der Waals surface area contributed by atoms with Gasteiger partial charge in [0.05, 0.1) is 0 Å². The Labute approximate surface area is 172 Å². The summed E-state index contributed by atoms with van der Waals surface area (Å²) in [5.74, 6) is -1.77. The zero-order valence-corrected chi connectivity index (χ0v) is 18.1. The van der Waals surface area contributed by atoms with E-state index in [9.17, 15) is 0 Å². The van der Waals surface area contributed by atoms with Crippen LogP contribution in [-0.4, -0.2) is 14.5 Å². The number of halogens is 1. The van der Waals surface area contributed by atoms with Crippen molar-refractivity contribution in [3.63, 3.8) is 0 Å². The standard InChI is InChI=1S/C24H19ClPSe/c25-20-16-18-24(19-17-20)27-26(21-10-4-1-5-11-21,22-12-6-2-7-13-22)23-14-8-3-9-15-23/h1-19H/q+1. The van der Waals surface area contributed by atoms with E-state index in [0.29, 0.717) is 0 Å². The predicted octanol–water partition coefficient (Wildman–Crippen LogP) is 4.58. The molecule has 132 valence electrons. The summed E-state index contributed by atoms with van der Waals surface area (Å²) in [6, 6.07) is 41.4. The third-order valence-electron chi connectivity index (χ3n) is 4.42. The molecule has 3 heteroatoms. The van der Waals surface area contributed by atoms with Crippen molar-refractivity contribution in [1.29, 1.82) is 0 Å². The molecule has 0 saturated heterocycles. The minimum atomic E-state index is -1.77. The second-order valence-electron chi connectivity index (χ2n) is 6.16. The van der Waals surface area contributed by atoms with E-state index in [4.69, 9.17) is 11.6 Å². The molecule has 0 aliphatic heterocycles. The first kappa shape index (κ1) is 18.5. The van der Waals surface area contributed by atoms with Crippen molar-refractivity contribution >= 4 is 52.4 Å². The topological polar surface area (TPSA) is 0 Å². The first-order valence-electron chi connectivity index (χ1n) is 8.80. The molecule has 0 heterocycles. The van der Waals surface area contributed by atoms with Crippen LogP contribution >= 0.6 is 17.6 Å². The van der Waals surface area contributed by atoms with Crippen molar-refractivity contribution in [2.75, 3.05) is 0 Å². The van der Waals surface area contributed by atoms with Gasteiger partial charge < -0.3 is 0 Å². The van der Waals surface area contributed by atoms with E-state index in [0.717, 1.165) is 5.02 Å². The molecule has 0 nitrogen and oxygen atoms in total. The van der Waals surface area contributed by atoms with Gasteiger partial charge in [-0.3, -0.25) is 0 Å². The van der Waals surface area contributed by atoms with Gasteiger partial charge in [0, 0.05) is 0 Å². The second kappa shape index (κ2) is 8.42. The number of hydrogen-bond acceptors (Lipinski definition) is 0. The third kappa shape index (κ3) is 3.88. The summed E-state index contributed by atoms with van der Waals surface area (Å²) in [7, 11) is 0. The van der Waals surface area contributed by atoms with Crippen LogP contribution in [0.15, 0.2) is 115 Å². The van der Waals surface area contributed by atoms with Crippen LogP contribution in [-0.2, 0) is 0 Å². The minimum absolute atomic E-state index is 0.238. The van der Waals surface area contributed by atoms with Crippen LogP contribution in [0.4, 0.5) is 0 Å². The molecule has 0 spiro atoms. The maximum atomic E-state index is 6.15. The molecule has 0 radical (unpaired) electrons. The zero-order valence-electron chi connectivity index (χ0n) is 14.7. The van der Waals surface area contributed by atoms with Gasteiger partial charge in [0.25, 0.3) is 0 Å². The summed E-state index contributed by atoms with van der Waals surface area (Å²) in [6.45, 7) is 0. The van der Waals surface area contributed by atoms with Gasteiger partial charge in [-0.25, -0.2) is 0 Å². The van der Waals surface area contributed by atoms with Crippen molar-refractivity contribution in [1.82, 2.24) is 0 Å². The van der Waals surface area contributed by atoms with Crippen molar-refractivity contribution in [3.8, 4) is 0 Å². The Morgan fingerprint density at radius 3 is 1.22 bits per heavy atom. The molecule has 0 bridgehead atoms. The van der Waals surface area contributed by atoms with Crippen LogP contribution in [0.3, 0.4) is 0 Å². The molecule has 0 fully saturated rings. The Balaban J connectivity index is 1.98. The third-order valence-corrected chi connectivity index (χ3v) is 15.8. The van der Waals surface area contributed by atoms with Gasteiger partial charge in [-0.05, 0) is 0 Å². The van der Waals surface area contributed by atoms with Gasteiger partial charge in [0.2, 0.25) is 0 Å². The van der Waals surface area contributed by atoms with Crippen molar-refractivity contribution < 1.29 is 0 Å². The summed E-state index contributed by atoms with van der Waals surface area (Å²) >= 11 is 6.39. The second-order valence-corrected chi connectivity index (χ2v) is 15.1. The summed E-state index contributed by atoms with van der Waals surface area (Å²) in [6.07, 6.45) is 0. The van der Waals surface area contributed by atoms with Gasteiger partial charge in [-0.15, -0.1) is 0 Å². The Kier molecular flexibility index (Phi) is 5.77. The number of benzene rings is 4. The average molecular weight is 453 g/mol. The van der Waals surface area contributed by atoms with E-state index in [-0.39, 0.29) is 14.5 Å². The van der Waals surface area contributed by atoms with Crippen molar-refractivity contribution in [2.24, 2.45) is 0 Å². The fourth-order valence-electron chi connectivity index (χ4n) is 3.17. The molecular formula is C24H19ClPSe+. The zero-order chi connectivity index (χ0) is 18.5. The van der Waals surface area contributed by atoms with E-state index in [1.165, 1.54) is 20.4 Å². The van der Waals surface area contributed by atoms with E-state index in [2.05, 4.69) is 103 Å². The van der Waals surface area contributed by atoms with E-state index >= 15 is 0 Å². The van der Waals surface area contributed by atoms with Gasteiger partial charge in [0.15, 0.2) is 0 Å². The quantitative estimate of drug-likeness (QED) is 0.307. The molecule has 0 unspecified atom stereocenters. The van der Waals surface area contributed by atoms with Crippen LogP contribution < -0.4 is 20.4 Å². The van der Waals surface area contributed by atoms with Gasteiger partial charge >= 0.3 is 173 Å². The normalized spacial score (nSPS) is 11.3. The molecule has 27 heavy (non-hydrogen) atoms. The SMILES string of the molecule is Clc1ccc([Se][P+](c2ccccc2)(c2ccccc2)c2ccccc2)cc1. The Morgan fingerprint density at radius 2 is 0.852 bits per heavy atom. The Bertz CT molecular complexity index is 890. The summed E-state index contributed by atoms with van der Waals surface area (Å²) < 4.78 is 1.37. The predicted molar refractivity (Wildman–Crippen MR) is 122 cm³/mol. The molecular weight excluding hydrogens is 434 g/mol. The Morgan fingerprint density at radius 1 is 0.481 bits per heavy atom. The number of hydrogen-bond donors (Lipinski definition) is 0. The van der Waals surface area contributed by atoms with Crippen LogP contribution in [0.5, 0.6) is 0 Å². The number of rotatable bonds is 5. The van der Waals surface area contributed by atoms with E-state index < -0.39 is 5.95 Å². The molecule has 0 aliphatic rings. The summed E-state index contributed by atoms with van der Waals surface area (Å²) in [4.78, 5) is 0. The van der Waals surface area contributed by atoms with Gasteiger partial charge in [-0.1, -0.05) is 0 Å². The van der Waals surface area contributed by atoms with Gasteiger partial charge in [0.1, 0.15) is 0 Å². The molecule has 0 saturated carbocycles. The average Bonchev–Trinajstić information content (AvgIpc) is 2.75. The van der Waals surface area contributed by atoms with E-state index in [1.807, 2.05) is 12.1 Å². The molecule has 4 aromatic carbocycles. The molecule has 4 rings (SSSR count). The molecule has 0 aromatic heterocycles. The fourth-order valence-corrected chi connectivity index (χ4v) is 14.1. The first-order valence-corrected chi connectivity index (χ1v) is 14.0. The monoisotopic (exact) mass is 453 g/mol. The van der Waals surface area contributed by atoms with Crippen LogP contribution in [0.1, 0.15) is 0 Å². The maximum absolute atomic E-state index is 6.15. The van der Waals surface area contributed by atoms with Crippen molar-refractivity contribution in [3.05, 3.63) is 120 Å². The first-order chi connectivity index (χ1) is 13.3. The molecule has 4 aromatic rings. The van der Waals surface area contributed by atoms with E-state index in [1.54, 1.807) is 0 Å². The summed E-state index contributed by atoms with van der Waals surface area (Å²) in [5, 5.41) is 5.07. The Hall–Kier alpha value is -1.88.